The smallest absolute Gasteiger partial charge is 0.246 e. The lowest BCUT2D eigenvalue weighted by atomic mass is 9.81. The molecule has 3 amide bonds. The summed E-state index contributed by atoms with van der Waals surface area (Å²) in [6, 6.07) is 5.55. The van der Waals surface area contributed by atoms with Crippen molar-refractivity contribution in [2.45, 2.75) is 32.6 Å². The molecule has 0 bridgehead atoms. The van der Waals surface area contributed by atoms with Crippen molar-refractivity contribution in [3.8, 4) is 5.75 Å². The number of thiazole rings is 1. The van der Waals surface area contributed by atoms with Crippen LogP contribution in [0.15, 0.2) is 18.2 Å². The van der Waals surface area contributed by atoms with Crippen molar-refractivity contribution in [2.75, 3.05) is 18.5 Å². The molecule has 2 fully saturated rings. The van der Waals surface area contributed by atoms with Gasteiger partial charge in [-0.05, 0) is 38.0 Å². The van der Waals surface area contributed by atoms with Crippen LogP contribution in [0.4, 0.5) is 5.13 Å². The van der Waals surface area contributed by atoms with Crippen molar-refractivity contribution in [3.05, 3.63) is 18.2 Å². The highest BCUT2D eigenvalue weighted by Gasteiger charge is 2.48. The second kappa shape index (κ2) is 7.26. The lowest BCUT2D eigenvalue weighted by molar-refractivity contribution is -0.142. The van der Waals surface area contributed by atoms with Gasteiger partial charge in [-0.3, -0.25) is 19.3 Å². The van der Waals surface area contributed by atoms with E-state index in [4.69, 9.17) is 4.74 Å². The first kappa shape index (κ1) is 17.9. The molecule has 27 heavy (non-hydrogen) atoms. The first-order chi connectivity index (χ1) is 13.1. The van der Waals surface area contributed by atoms with Gasteiger partial charge in [0.1, 0.15) is 12.3 Å². The van der Waals surface area contributed by atoms with Crippen LogP contribution >= 0.6 is 11.3 Å². The molecule has 1 aliphatic heterocycles. The Morgan fingerprint density at radius 2 is 1.96 bits per heavy atom. The Hall–Kier alpha value is -2.48. The molecule has 1 N–H and O–H groups in total. The molecule has 1 saturated heterocycles. The zero-order valence-electron chi connectivity index (χ0n) is 15.1. The first-order valence-electron chi connectivity index (χ1n) is 9.25. The molecule has 0 unspecified atom stereocenters. The largest absolute Gasteiger partial charge is 0.494 e. The van der Waals surface area contributed by atoms with E-state index >= 15 is 0 Å². The van der Waals surface area contributed by atoms with Gasteiger partial charge in [-0.2, -0.15) is 0 Å². The maximum absolute atomic E-state index is 12.5. The summed E-state index contributed by atoms with van der Waals surface area (Å²) in [6.07, 6.45) is 3.42. The van der Waals surface area contributed by atoms with Gasteiger partial charge in [-0.1, -0.05) is 24.2 Å². The fraction of sp³-hybridized carbons (Fsp3) is 0.474. The maximum atomic E-state index is 12.5. The highest BCUT2D eigenvalue weighted by molar-refractivity contribution is 7.22. The number of fused-ring (bicyclic) bond motifs is 2. The number of carbonyl (C=O) groups excluding carboxylic acids is 3. The number of anilines is 1. The molecule has 1 aromatic heterocycles. The molecule has 0 spiro atoms. The normalized spacial score (nSPS) is 22.2. The Kier molecular flexibility index (Phi) is 4.82. The monoisotopic (exact) mass is 387 g/mol. The molecule has 4 rings (SSSR count). The summed E-state index contributed by atoms with van der Waals surface area (Å²) < 4.78 is 6.37. The molecule has 1 aliphatic carbocycles. The molecule has 8 heteroatoms. The molecule has 0 radical (unpaired) electrons. The summed E-state index contributed by atoms with van der Waals surface area (Å²) in [7, 11) is 0. The molecule has 7 nitrogen and oxygen atoms in total. The van der Waals surface area contributed by atoms with E-state index in [0.717, 1.165) is 46.5 Å². The zero-order valence-corrected chi connectivity index (χ0v) is 15.9. The van der Waals surface area contributed by atoms with Crippen molar-refractivity contribution in [1.29, 1.82) is 0 Å². The van der Waals surface area contributed by atoms with Gasteiger partial charge in [0, 0.05) is 0 Å². The van der Waals surface area contributed by atoms with E-state index in [1.165, 1.54) is 11.3 Å². The average molecular weight is 387 g/mol. The van der Waals surface area contributed by atoms with E-state index in [-0.39, 0.29) is 30.2 Å². The van der Waals surface area contributed by atoms with Gasteiger partial charge < -0.3 is 10.1 Å². The Morgan fingerprint density at radius 3 is 2.63 bits per heavy atom. The van der Waals surface area contributed by atoms with Gasteiger partial charge in [0.2, 0.25) is 17.7 Å². The van der Waals surface area contributed by atoms with Crippen LogP contribution in [0.5, 0.6) is 5.75 Å². The Balaban J connectivity index is 1.44. The third-order valence-electron chi connectivity index (χ3n) is 5.15. The van der Waals surface area contributed by atoms with Gasteiger partial charge in [-0.25, -0.2) is 4.98 Å². The molecule has 1 saturated carbocycles. The van der Waals surface area contributed by atoms with Crippen LogP contribution in [0.3, 0.4) is 0 Å². The number of amides is 3. The van der Waals surface area contributed by atoms with Crippen LogP contribution in [-0.2, 0) is 14.4 Å². The summed E-state index contributed by atoms with van der Waals surface area (Å²) in [5.74, 6) is -0.533. The SMILES string of the molecule is CCOc1ccc2nc(NC(=O)CN3C(=O)[C@H]4CCCC[C@H]4C3=O)sc2c1. The summed E-state index contributed by atoms with van der Waals surface area (Å²) in [5.41, 5.74) is 0.762. The number of hydrogen-bond acceptors (Lipinski definition) is 6. The van der Waals surface area contributed by atoms with Crippen LogP contribution < -0.4 is 10.1 Å². The lowest BCUT2D eigenvalue weighted by Crippen LogP contribution is -2.38. The number of hydrogen-bond donors (Lipinski definition) is 1. The van der Waals surface area contributed by atoms with Gasteiger partial charge >= 0.3 is 0 Å². The second-order valence-electron chi connectivity index (χ2n) is 6.89. The minimum absolute atomic E-state index is 0.203. The van der Waals surface area contributed by atoms with Crippen molar-refractivity contribution >= 4 is 44.4 Å². The number of nitrogens with one attached hydrogen (secondary N) is 1. The fourth-order valence-corrected chi connectivity index (χ4v) is 4.81. The van der Waals surface area contributed by atoms with Crippen molar-refractivity contribution in [3.63, 3.8) is 0 Å². The number of rotatable bonds is 5. The second-order valence-corrected chi connectivity index (χ2v) is 7.92. The number of nitrogens with zero attached hydrogens (tertiary/aromatic N) is 2. The van der Waals surface area contributed by atoms with Crippen LogP contribution in [0, 0.1) is 11.8 Å². The number of carbonyl (C=O) groups is 3. The summed E-state index contributed by atoms with van der Waals surface area (Å²) in [6.45, 7) is 2.25. The number of imide groups is 1. The predicted molar refractivity (Wildman–Crippen MR) is 102 cm³/mol. The van der Waals surface area contributed by atoms with E-state index in [0.29, 0.717) is 11.7 Å². The minimum Gasteiger partial charge on any atom is -0.494 e. The Bertz CT molecular complexity index is 885. The van der Waals surface area contributed by atoms with E-state index in [9.17, 15) is 14.4 Å². The van der Waals surface area contributed by atoms with Crippen LogP contribution in [0.2, 0.25) is 0 Å². The van der Waals surface area contributed by atoms with Crippen molar-refractivity contribution in [2.24, 2.45) is 11.8 Å². The van der Waals surface area contributed by atoms with E-state index < -0.39 is 5.91 Å². The summed E-state index contributed by atoms with van der Waals surface area (Å²) >= 11 is 1.33. The quantitative estimate of drug-likeness (QED) is 0.797. The molecule has 2 heterocycles. The van der Waals surface area contributed by atoms with Gasteiger partial charge in [0.15, 0.2) is 5.13 Å². The molecule has 2 aromatic rings. The molecule has 1 aromatic carbocycles. The van der Waals surface area contributed by atoms with Crippen LogP contribution in [0.25, 0.3) is 10.2 Å². The topological polar surface area (TPSA) is 88.6 Å². The van der Waals surface area contributed by atoms with Crippen molar-refractivity contribution in [1.82, 2.24) is 9.88 Å². The zero-order chi connectivity index (χ0) is 19.0. The third kappa shape index (κ3) is 3.41. The average Bonchev–Trinajstić information content (AvgIpc) is 3.16. The standard InChI is InChI=1S/C19H21N3O4S/c1-2-26-11-7-8-14-15(9-11)27-19(20-14)21-16(23)10-22-17(24)12-5-3-4-6-13(12)18(22)25/h7-9,12-13H,2-6,10H2,1H3,(H,20,21,23)/t12-,13+. The number of ether oxygens (including phenoxy) is 1. The Morgan fingerprint density at radius 1 is 1.26 bits per heavy atom. The van der Waals surface area contributed by atoms with E-state index in [1.54, 1.807) is 0 Å². The van der Waals surface area contributed by atoms with Gasteiger partial charge in [-0.15, -0.1) is 0 Å². The highest BCUT2D eigenvalue weighted by atomic mass is 32.1. The number of aromatic nitrogens is 1. The number of benzene rings is 1. The lowest BCUT2D eigenvalue weighted by Gasteiger charge is -2.19. The molecule has 142 valence electrons. The maximum Gasteiger partial charge on any atom is 0.246 e. The van der Waals surface area contributed by atoms with E-state index in [1.807, 2.05) is 25.1 Å². The van der Waals surface area contributed by atoms with Crippen molar-refractivity contribution < 1.29 is 19.1 Å². The highest BCUT2D eigenvalue weighted by Crippen LogP contribution is 2.38. The Labute approximate surface area is 160 Å². The van der Waals surface area contributed by atoms with Crippen LogP contribution in [-0.4, -0.2) is 40.8 Å². The van der Waals surface area contributed by atoms with Crippen LogP contribution in [0.1, 0.15) is 32.6 Å². The fourth-order valence-electron chi connectivity index (χ4n) is 3.90. The molecule has 2 atom stereocenters. The van der Waals surface area contributed by atoms with E-state index in [2.05, 4.69) is 10.3 Å². The predicted octanol–water partition coefficient (Wildman–Crippen LogP) is 2.81. The molecular weight excluding hydrogens is 366 g/mol. The minimum atomic E-state index is -0.403. The summed E-state index contributed by atoms with van der Waals surface area (Å²) in [4.78, 5) is 42.9. The summed E-state index contributed by atoms with van der Waals surface area (Å²) in [5, 5.41) is 3.16. The third-order valence-corrected chi connectivity index (χ3v) is 6.08. The van der Waals surface area contributed by atoms with Gasteiger partial charge in [0.25, 0.3) is 0 Å². The number of likely N-dealkylation sites (tertiary alicyclic amines) is 1. The molecular formula is C19H21N3O4S. The molecule has 2 aliphatic rings. The van der Waals surface area contributed by atoms with Gasteiger partial charge in [0.05, 0.1) is 28.7 Å². The first-order valence-corrected chi connectivity index (χ1v) is 10.1.